The Morgan fingerprint density at radius 3 is 1.71 bits per heavy atom. The van der Waals surface area contributed by atoms with Crippen LogP contribution in [-0.2, 0) is 9.47 Å². The smallest absolute Gasteiger partial charge is 0.157 e. The molecule has 0 spiro atoms. The number of halogens is 1. The third kappa shape index (κ3) is 5.46. The number of hydrogen-bond acceptors (Lipinski definition) is 2. The van der Waals surface area contributed by atoms with Crippen molar-refractivity contribution >= 4 is 23.2 Å². The topological polar surface area (TPSA) is 18.5 Å². The molecule has 164 valence electrons. The molecule has 3 aromatic carbocycles. The zero-order valence-electron chi connectivity index (χ0n) is 18.2. The first-order valence-electron chi connectivity index (χ1n) is 11.1. The van der Waals surface area contributed by atoms with E-state index in [0.717, 1.165) is 32.5 Å². The lowest BCUT2D eigenvalue weighted by Crippen LogP contribution is -3.00. The monoisotopic (exact) mass is 498 g/mol. The zero-order chi connectivity index (χ0) is 20.7. The summed E-state index contributed by atoms with van der Waals surface area (Å²) in [6.07, 6.45) is 4.36. The molecular weight excluding hydrogens is 467 g/mol. The fourth-order valence-corrected chi connectivity index (χ4v) is 9.45. The number of ether oxygens (including phenoxy) is 2. The van der Waals surface area contributed by atoms with Crippen molar-refractivity contribution in [1.82, 2.24) is 0 Å². The van der Waals surface area contributed by atoms with Crippen molar-refractivity contribution in [2.75, 3.05) is 13.2 Å². The molecule has 2 nitrogen and oxygen atoms in total. The number of hydrogen-bond donors (Lipinski definition) is 0. The van der Waals surface area contributed by atoms with E-state index < -0.39 is 7.26 Å². The Labute approximate surface area is 198 Å². The molecule has 1 aliphatic rings. The third-order valence-electron chi connectivity index (χ3n) is 6.13. The van der Waals surface area contributed by atoms with Crippen LogP contribution in [0.2, 0.25) is 0 Å². The second kappa shape index (κ2) is 11.9. The molecule has 1 saturated heterocycles. The fourth-order valence-electron chi connectivity index (χ4n) is 4.61. The molecule has 0 radical (unpaired) electrons. The van der Waals surface area contributed by atoms with Crippen molar-refractivity contribution in [3.8, 4) is 0 Å². The Hall–Kier alpha value is -1.51. The molecule has 1 heterocycles. The third-order valence-corrected chi connectivity index (χ3v) is 11.0. The summed E-state index contributed by atoms with van der Waals surface area (Å²) in [6, 6.07) is 33.3. The maximum Gasteiger partial charge on any atom is 0.157 e. The summed E-state index contributed by atoms with van der Waals surface area (Å²) >= 11 is 0. The SMILES string of the molecule is CC(CCOC1CCCCO1)[P+](c1ccccc1)(c1ccccc1)c1ccccc1.[Br-]. The molecule has 1 aliphatic heterocycles. The van der Waals surface area contributed by atoms with E-state index in [9.17, 15) is 0 Å². The molecule has 4 rings (SSSR count). The minimum atomic E-state index is -1.83. The van der Waals surface area contributed by atoms with Crippen LogP contribution in [0.5, 0.6) is 0 Å². The van der Waals surface area contributed by atoms with Crippen LogP contribution in [0.25, 0.3) is 0 Å². The number of rotatable bonds is 8. The highest BCUT2D eigenvalue weighted by Gasteiger charge is 2.49. The highest BCUT2D eigenvalue weighted by atomic mass is 79.9. The maximum absolute atomic E-state index is 6.15. The van der Waals surface area contributed by atoms with Crippen LogP contribution < -0.4 is 32.9 Å². The zero-order valence-corrected chi connectivity index (χ0v) is 20.7. The summed E-state index contributed by atoms with van der Waals surface area (Å²) in [5, 5.41) is 4.30. The molecule has 31 heavy (non-hydrogen) atoms. The van der Waals surface area contributed by atoms with Crippen molar-refractivity contribution in [3.63, 3.8) is 0 Å². The van der Waals surface area contributed by atoms with Gasteiger partial charge < -0.3 is 26.5 Å². The molecule has 0 amide bonds. The predicted molar refractivity (Wildman–Crippen MR) is 129 cm³/mol. The fraction of sp³-hybridized carbons (Fsp3) is 0.333. The molecule has 1 fully saturated rings. The Kier molecular flexibility index (Phi) is 9.29. The predicted octanol–water partition coefficient (Wildman–Crippen LogP) is 2.31. The Morgan fingerprint density at radius 2 is 1.29 bits per heavy atom. The minimum absolute atomic E-state index is 0. The molecule has 2 unspecified atom stereocenters. The van der Waals surface area contributed by atoms with Gasteiger partial charge in [0, 0.05) is 13.0 Å². The first-order chi connectivity index (χ1) is 14.8. The summed E-state index contributed by atoms with van der Waals surface area (Å²) < 4.78 is 11.9. The highest BCUT2D eigenvalue weighted by molar-refractivity contribution is 7.96. The molecule has 2 atom stereocenters. The Bertz CT molecular complexity index is 786. The lowest BCUT2D eigenvalue weighted by atomic mass is 10.2. The van der Waals surface area contributed by atoms with Crippen LogP contribution in [0.15, 0.2) is 91.0 Å². The molecule has 0 saturated carbocycles. The van der Waals surface area contributed by atoms with E-state index in [1.165, 1.54) is 22.3 Å². The molecule has 0 aliphatic carbocycles. The van der Waals surface area contributed by atoms with E-state index in [-0.39, 0.29) is 23.3 Å². The first kappa shape index (κ1) is 24.1. The van der Waals surface area contributed by atoms with Crippen LogP contribution in [0, 0.1) is 0 Å². The van der Waals surface area contributed by atoms with Gasteiger partial charge >= 0.3 is 0 Å². The highest BCUT2D eigenvalue weighted by Crippen LogP contribution is 2.60. The van der Waals surface area contributed by atoms with Crippen LogP contribution in [-0.4, -0.2) is 25.2 Å². The van der Waals surface area contributed by atoms with Gasteiger partial charge in [0.15, 0.2) is 6.29 Å². The Morgan fingerprint density at radius 1 is 0.806 bits per heavy atom. The quantitative estimate of drug-likeness (QED) is 0.443. The van der Waals surface area contributed by atoms with Crippen molar-refractivity contribution in [1.29, 1.82) is 0 Å². The van der Waals surface area contributed by atoms with Gasteiger partial charge in [-0.1, -0.05) is 54.6 Å². The first-order valence-corrected chi connectivity index (χ1v) is 13.0. The van der Waals surface area contributed by atoms with Gasteiger partial charge in [0.2, 0.25) is 0 Å². The van der Waals surface area contributed by atoms with Gasteiger partial charge in [0.05, 0.1) is 12.3 Å². The average Bonchev–Trinajstić information content (AvgIpc) is 2.82. The summed E-state index contributed by atoms with van der Waals surface area (Å²) in [6.45, 7) is 3.97. The van der Waals surface area contributed by atoms with Gasteiger partial charge in [-0.05, 0) is 62.6 Å². The average molecular weight is 499 g/mol. The van der Waals surface area contributed by atoms with Crippen LogP contribution in [0.1, 0.15) is 32.6 Å². The van der Waals surface area contributed by atoms with E-state index >= 15 is 0 Å². The lowest BCUT2D eigenvalue weighted by molar-refractivity contribution is -0.162. The van der Waals surface area contributed by atoms with E-state index in [1.54, 1.807) is 0 Å². The van der Waals surface area contributed by atoms with Crippen molar-refractivity contribution in [3.05, 3.63) is 91.0 Å². The molecule has 0 N–H and O–H groups in total. The summed E-state index contributed by atoms with van der Waals surface area (Å²) in [4.78, 5) is 0. The minimum Gasteiger partial charge on any atom is -1.00 e. The van der Waals surface area contributed by atoms with Crippen LogP contribution in [0.3, 0.4) is 0 Å². The standard InChI is InChI=1S/C27H32O2P.BrH/c1-23(20-22-29-27-19-11-12-21-28-27)30(24-13-5-2-6-14-24,25-15-7-3-8-16-25)26-17-9-4-10-18-26;/h2-10,13-18,23,27H,11-12,19-22H2,1H3;1H/q+1;/p-1. The van der Waals surface area contributed by atoms with Gasteiger partial charge in [-0.3, -0.25) is 0 Å². The second-order valence-corrected chi connectivity index (χ2v) is 11.9. The molecule has 0 aromatic heterocycles. The van der Waals surface area contributed by atoms with Crippen LogP contribution in [0.4, 0.5) is 0 Å². The number of benzene rings is 3. The van der Waals surface area contributed by atoms with Gasteiger partial charge in [0.1, 0.15) is 23.2 Å². The molecule has 4 heteroatoms. The molecular formula is C27H32BrO2P. The summed E-state index contributed by atoms with van der Waals surface area (Å²) in [5.41, 5.74) is 0.452. The maximum atomic E-state index is 6.15. The summed E-state index contributed by atoms with van der Waals surface area (Å²) in [5.74, 6) is 0. The van der Waals surface area contributed by atoms with Crippen molar-refractivity contribution < 1.29 is 26.5 Å². The second-order valence-electron chi connectivity index (χ2n) is 8.03. The van der Waals surface area contributed by atoms with Gasteiger partial charge in [-0.2, -0.15) is 0 Å². The lowest BCUT2D eigenvalue weighted by Gasteiger charge is -2.33. The van der Waals surface area contributed by atoms with Crippen molar-refractivity contribution in [2.24, 2.45) is 0 Å². The van der Waals surface area contributed by atoms with Gasteiger partial charge in [0.25, 0.3) is 0 Å². The van der Waals surface area contributed by atoms with Gasteiger partial charge in [-0.15, -0.1) is 0 Å². The van der Waals surface area contributed by atoms with E-state index in [1.807, 2.05) is 0 Å². The van der Waals surface area contributed by atoms with Gasteiger partial charge in [-0.25, -0.2) is 0 Å². The van der Waals surface area contributed by atoms with Crippen molar-refractivity contribution in [2.45, 2.75) is 44.6 Å². The largest absolute Gasteiger partial charge is 1.00 e. The molecule has 3 aromatic rings. The normalized spacial score (nSPS) is 17.5. The van der Waals surface area contributed by atoms with E-state index in [4.69, 9.17) is 9.47 Å². The van der Waals surface area contributed by atoms with Crippen LogP contribution >= 0.6 is 7.26 Å². The molecule has 0 bridgehead atoms. The van der Waals surface area contributed by atoms with E-state index in [0.29, 0.717) is 5.66 Å². The summed E-state index contributed by atoms with van der Waals surface area (Å²) in [7, 11) is -1.83. The van der Waals surface area contributed by atoms with E-state index in [2.05, 4.69) is 97.9 Å². The Balaban J connectivity index is 0.00000272.